The molecule has 2 N–H and O–H groups in total. The predicted octanol–water partition coefficient (Wildman–Crippen LogP) is 3.69. The molecule has 0 aromatic heterocycles. The van der Waals surface area contributed by atoms with Crippen molar-refractivity contribution in [1.29, 1.82) is 0 Å². The summed E-state index contributed by atoms with van der Waals surface area (Å²) in [5, 5.41) is 1.03. The zero-order valence-electron chi connectivity index (χ0n) is 12.6. The summed E-state index contributed by atoms with van der Waals surface area (Å²) >= 11 is 12.1. The molecule has 1 aliphatic heterocycles. The lowest BCUT2D eigenvalue weighted by molar-refractivity contribution is -0.121. The Morgan fingerprint density at radius 2 is 1.83 bits per heavy atom. The highest BCUT2D eigenvalue weighted by molar-refractivity contribution is 6.42. The van der Waals surface area contributed by atoms with Crippen molar-refractivity contribution >= 4 is 29.1 Å². The van der Waals surface area contributed by atoms with Crippen molar-refractivity contribution in [3.05, 3.63) is 69.7 Å². The van der Waals surface area contributed by atoms with Gasteiger partial charge in [-0.2, -0.15) is 0 Å². The van der Waals surface area contributed by atoms with E-state index in [-0.39, 0.29) is 17.7 Å². The quantitative estimate of drug-likeness (QED) is 0.915. The van der Waals surface area contributed by atoms with E-state index in [0.29, 0.717) is 16.6 Å². The van der Waals surface area contributed by atoms with Crippen LogP contribution in [0.4, 0.5) is 0 Å². The first-order valence-corrected chi connectivity index (χ1v) is 8.30. The maximum Gasteiger partial charge on any atom is 0.222 e. The monoisotopic (exact) mass is 348 g/mol. The second-order valence-electron chi connectivity index (χ2n) is 5.97. The fourth-order valence-corrected chi connectivity index (χ4v) is 3.53. The number of carbonyl (C=O) groups is 1. The maximum absolute atomic E-state index is 11.9. The summed E-state index contributed by atoms with van der Waals surface area (Å²) < 4.78 is 0. The highest BCUT2D eigenvalue weighted by Gasteiger charge is 2.37. The third kappa shape index (κ3) is 3.69. The van der Waals surface area contributed by atoms with Gasteiger partial charge in [-0.25, -0.2) is 0 Å². The molecule has 0 aliphatic carbocycles. The Bertz CT molecular complexity index is 705. The fourth-order valence-electron chi connectivity index (χ4n) is 3.23. The van der Waals surface area contributed by atoms with Gasteiger partial charge in [0.05, 0.1) is 16.0 Å². The average molecular weight is 349 g/mol. The van der Waals surface area contributed by atoms with Crippen molar-refractivity contribution in [1.82, 2.24) is 4.90 Å². The molecule has 3 rings (SSSR count). The number of primary amides is 1. The summed E-state index contributed by atoms with van der Waals surface area (Å²) in [7, 11) is 0. The van der Waals surface area contributed by atoms with E-state index in [1.165, 1.54) is 5.56 Å². The van der Waals surface area contributed by atoms with E-state index in [9.17, 15) is 4.79 Å². The van der Waals surface area contributed by atoms with Crippen LogP contribution in [0, 0.1) is 5.92 Å². The van der Waals surface area contributed by atoms with Gasteiger partial charge in [-0.05, 0) is 23.3 Å². The lowest BCUT2D eigenvalue weighted by Gasteiger charge is -2.17. The summed E-state index contributed by atoms with van der Waals surface area (Å²) in [6.07, 6.45) is 0. The van der Waals surface area contributed by atoms with Crippen molar-refractivity contribution < 1.29 is 4.79 Å². The van der Waals surface area contributed by atoms with Crippen molar-refractivity contribution in [2.24, 2.45) is 11.7 Å². The molecule has 1 aliphatic rings. The standard InChI is InChI=1S/C18H18Cl2N2O/c19-16-7-6-13(8-17(16)20)14-10-22(11-15(14)18(21)23)9-12-4-2-1-3-5-12/h1-8,14-15H,9-11H2,(H2,21,23). The summed E-state index contributed by atoms with van der Waals surface area (Å²) in [6.45, 7) is 2.25. The molecule has 0 radical (unpaired) electrons. The van der Waals surface area contributed by atoms with E-state index in [4.69, 9.17) is 28.9 Å². The molecule has 2 atom stereocenters. The lowest BCUT2D eigenvalue weighted by Crippen LogP contribution is -2.29. The zero-order chi connectivity index (χ0) is 16.4. The Balaban J connectivity index is 1.81. The minimum Gasteiger partial charge on any atom is -0.369 e. The number of nitrogens with two attached hydrogens (primary N) is 1. The van der Waals surface area contributed by atoms with Crippen LogP contribution in [-0.4, -0.2) is 23.9 Å². The smallest absolute Gasteiger partial charge is 0.222 e. The van der Waals surface area contributed by atoms with Crippen LogP contribution in [0.2, 0.25) is 10.0 Å². The normalized spacial score (nSPS) is 21.5. The molecule has 1 heterocycles. The Morgan fingerprint density at radius 1 is 1.09 bits per heavy atom. The molecule has 1 saturated heterocycles. The second kappa shape index (κ2) is 6.91. The zero-order valence-corrected chi connectivity index (χ0v) is 14.1. The number of amides is 1. The van der Waals surface area contributed by atoms with Gasteiger partial charge in [0.25, 0.3) is 0 Å². The van der Waals surface area contributed by atoms with Crippen LogP contribution in [0.15, 0.2) is 48.5 Å². The first kappa shape index (κ1) is 16.3. The minimum absolute atomic E-state index is 0.0472. The van der Waals surface area contributed by atoms with E-state index < -0.39 is 0 Å². The molecule has 0 spiro atoms. The second-order valence-corrected chi connectivity index (χ2v) is 6.78. The molecule has 2 aromatic rings. The number of benzene rings is 2. The van der Waals surface area contributed by atoms with Gasteiger partial charge in [0.1, 0.15) is 0 Å². The van der Waals surface area contributed by atoms with E-state index in [1.54, 1.807) is 6.07 Å². The number of nitrogens with zero attached hydrogens (tertiary/aromatic N) is 1. The van der Waals surface area contributed by atoms with Crippen LogP contribution in [-0.2, 0) is 11.3 Å². The molecule has 1 fully saturated rings. The molecule has 3 nitrogen and oxygen atoms in total. The molecule has 23 heavy (non-hydrogen) atoms. The van der Waals surface area contributed by atoms with E-state index in [2.05, 4.69) is 17.0 Å². The topological polar surface area (TPSA) is 46.3 Å². The highest BCUT2D eigenvalue weighted by atomic mass is 35.5. The van der Waals surface area contributed by atoms with Gasteiger partial charge in [0.2, 0.25) is 5.91 Å². The average Bonchev–Trinajstić information content (AvgIpc) is 2.95. The largest absolute Gasteiger partial charge is 0.369 e. The minimum atomic E-state index is -0.267. The van der Waals surface area contributed by atoms with E-state index >= 15 is 0 Å². The summed E-state index contributed by atoms with van der Waals surface area (Å²) in [4.78, 5) is 14.1. The summed E-state index contributed by atoms with van der Waals surface area (Å²) in [5.74, 6) is -0.432. The third-order valence-corrected chi connectivity index (χ3v) is 5.12. The fraction of sp³-hybridized carbons (Fsp3) is 0.278. The van der Waals surface area contributed by atoms with E-state index in [0.717, 1.165) is 18.7 Å². The van der Waals surface area contributed by atoms with Gasteiger partial charge in [-0.3, -0.25) is 9.69 Å². The molecule has 0 bridgehead atoms. The molecule has 0 saturated carbocycles. The van der Waals surface area contributed by atoms with Crippen LogP contribution in [0.25, 0.3) is 0 Å². The van der Waals surface area contributed by atoms with Crippen LogP contribution >= 0.6 is 23.2 Å². The van der Waals surface area contributed by atoms with Gasteiger partial charge >= 0.3 is 0 Å². The van der Waals surface area contributed by atoms with Crippen molar-refractivity contribution in [3.63, 3.8) is 0 Å². The first-order valence-electron chi connectivity index (χ1n) is 7.55. The molecule has 5 heteroatoms. The van der Waals surface area contributed by atoms with Crippen molar-refractivity contribution in [3.8, 4) is 0 Å². The summed E-state index contributed by atoms with van der Waals surface area (Å²) in [5.41, 5.74) is 7.86. The van der Waals surface area contributed by atoms with E-state index in [1.807, 2.05) is 30.3 Å². The highest BCUT2D eigenvalue weighted by Crippen LogP contribution is 2.36. The SMILES string of the molecule is NC(=O)C1CN(Cc2ccccc2)CC1c1ccc(Cl)c(Cl)c1. The first-order chi connectivity index (χ1) is 11.0. The number of hydrogen-bond acceptors (Lipinski definition) is 2. The Kier molecular flexibility index (Phi) is 4.90. The molecular formula is C18H18Cl2N2O. The van der Waals surface area contributed by atoms with Crippen molar-refractivity contribution in [2.45, 2.75) is 12.5 Å². The van der Waals surface area contributed by atoms with Gasteiger partial charge in [-0.15, -0.1) is 0 Å². The molecule has 2 aromatic carbocycles. The molecule has 120 valence electrons. The number of likely N-dealkylation sites (tertiary alicyclic amines) is 1. The van der Waals surface area contributed by atoms with Gasteiger partial charge in [0.15, 0.2) is 0 Å². The number of rotatable bonds is 4. The molecule has 1 amide bonds. The van der Waals surface area contributed by atoms with Crippen LogP contribution in [0.3, 0.4) is 0 Å². The van der Waals surface area contributed by atoms with Gasteiger partial charge in [-0.1, -0.05) is 59.6 Å². The Hall–Kier alpha value is -1.55. The number of carbonyl (C=O) groups excluding carboxylic acids is 1. The predicted molar refractivity (Wildman–Crippen MR) is 93.6 cm³/mol. The molecule has 2 unspecified atom stereocenters. The lowest BCUT2D eigenvalue weighted by atomic mass is 9.88. The summed E-state index contributed by atoms with van der Waals surface area (Å²) in [6, 6.07) is 15.8. The van der Waals surface area contributed by atoms with Gasteiger partial charge in [0, 0.05) is 25.6 Å². The van der Waals surface area contributed by atoms with Crippen LogP contribution in [0.5, 0.6) is 0 Å². The Morgan fingerprint density at radius 3 is 2.48 bits per heavy atom. The van der Waals surface area contributed by atoms with Crippen LogP contribution < -0.4 is 5.73 Å². The number of halogens is 2. The third-order valence-electron chi connectivity index (χ3n) is 4.38. The van der Waals surface area contributed by atoms with Gasteiger partial charge < -0.3 is 5.73 Å². The Labute approximate surface area is 146 Å². The maximum atomic E-state index is 11.9. The molecular weight excluding hydrogens is 331 g/mol. The number of hydrogen-bond donors (Lipinski definition) is 1. The van der Waals surface area contributed by atoms with Crippen LogP contribution in [0.1, 0.15) is 17.0 Å². The van der Waals surface area contributed by atoms with Crippen molar-refractivity contribution in [2.75, 3.05) is 13.1 Å².